The topological polar surface area (TPSA) is 90.7 Å². The highest BCUT2D eigenvalue weighted by Crippen LogP contribution is 2.39. The van der Waals surface area contributed by atoms with Gasteiger partial charge in [-0.1, -0.05) is 42.5 Å². The van der Waals surface area contributed by atoms with Crippen LogP contribution < -0.4 is 0 Å². The zero-order valence-corrected chi connectivity index (χ0v) is 16.1. The molecule has 0 spiro atoms. The van der Waals surface area contributed by atoms with Crippen LogP contribution >= 0.6 is 0 Å². The van der Waals surface area contributed by atoms with Crippen molar-refractivity contribution in [2.24, 2.45) is 0 Å². The summed E-state index contributed by atoms with van der Waals surface area (Å²) < 4.78 is 0. The molecule has 0 aliphatic carbocycles. The van der Waals surface area contributed by atoms with E-state index >= 15 is 0 Å². The van der Waals surface area contributed by atoms with Gasteiger partial charge in [0.1, 0.15) is 11.5 Å². The lowest BCUT2D eigenvalue weighted by atomic mass is 9.95. The van der Waals surface area contributed by atoms with E-state index in [2.05, 4.69) is 4.98 Å². The van der Waals surface area contributed by atoms with E-state index in [1.54, 1.807) is 24.3 Å². The van der Waals surface area contributed by atoms with Crippen LogP contribution in [0.5, 0.6) is 5.75 Å². The highest BCUT2D eigenvalue weighted by atomic mass is 16.3. The first kappa shape index (κ1) is 19.4. The van der Waals surface area contributed by atoms with Crippen LogP contribution in [0, 0.1) is 0 Å². The molecule has 30 heavy (non-hydrogen) atoms. The van der Waals surface area contributed by atoms with Gasteiger partial charge in [0.25, 0.3) is 11.7 Å². The third kappa shape index (κ3) is 3.67. The second-order valence-corrected chi connectivity index (χ2v) is 7.06. The number of ketones is 1. The number of rotatable bonds is 5. The van der Waals surface area contributed by atoms with Gasteiger partial charge in [0, 0.05) is 24.5 Å². The van der Waals surface area contributed by atoms with Crippen LogP contribution in [0.15, 0.2) is 84.7 Å². The summed E-state index contributed by atoms with van der Waals surface area (Å²) in [6.07, 6.45) is 3.59. The lowest BCUT2D eigenvalue weighted by Crippen LogP contribution is -2.31. The molecular weight excluding hydrogens is 380 g/mol. The predicted octanol–water partition coefficient (Wildman–Crippen LogP) is 3.45. The number of pyridine rings is 1. The number of phenols is 1. The molecule has 6 nitrogen and oxygen atoms in total. The number of phenolic OH excluding ortho intramolecular Hbond substituents is 1. The van der Waals surface area contributed by atoms with Crippen molar-refractivity contribution >= 4 is 17.4 Å². The number of aliphatic hydroxyl groups excluding tert-OH is 1. The number of benzene rings is 2. The van der Waals surface area contributed by atoms with Gasteiger partial charge in [-0.05, 0) is 41.8 Å². The van der Waals surface area contributed by atoms with Gasteiger partial charge < -0.3 is 15.1 Å². The van der Waals surface area contributed by atoms with Crippen molar-refractivity contribution in [1.82, 2.24) is 9.88 Å². The van der Waals surface area contributed by atoms with Crippen LogP contribution in [0.4, 0.5) is 0 Å². The molecule has 1 atom stereocenters. The molecule has 6 heteroatoms. The summed E-state index contributed by atoms with van der Waals surface area (Å²) in [5, 5.41) is 20.6. The SMILES string of the molecule is O=C1C(=O)N(CCc2ccccc2)C(c2ccc(O)cc2)/C1=C(\O)c1ccncc1. The summed E-state index contributed by atoms with van der Waals surface area (Å²) in [6, 6.07) is 18.4. The van der Waals surface area contributed by atoms with E-state index in [0.29, 0.717) is 24.1 Å². The van der Waals surface area contributed by atoms with Crippen LogP contribution in [-0.2, 0) is 16.0 Å². The molecule has 2 aromatic carbocycles. The molecule has 3 aromatic rings. The molecule has 4 rings (SSSR count). The Kier molecular flexibility index (Phi) is 5.30. The minimum atomic E-state index is -0.748. The summed E-state index contributed by atoms with van der Waals surface area (Å²) in [5.74, 6) is -1.54. The summed E-state index contributed by atoms with van der Waals surface area (Å²) in [4.78, 5) is 31.2. The van der Waals surface area contributed by atoms with Crippen molar-refractivity contribution in [3.8, 4) is 5.75 Å². The Balaban J connectivity index is 1.78. The highest BCUT2D eigenvalue weighted by Gasteiger charge is 2.45. The maximum atomic E-state index is 12.9. The third-order valence-corrected chi connectivity index (χ3v) is 5.19. The van der Waals surface area contributed by atoms with Gasteiger partial charge >= 0.3 is 0 Å². The first-order valence-electron chi connectivity index (χ1n) is 9.58. The number of hydrogen-bond donors (Lipinski definition) is 2. The van der Waals surface area contributed by atoms with E-state index in [0.717, 1.165) is 5.56 Å². The number of carbonyl (C=O) groups excluding carboxylic acids is 2. The van der Waals surface area contributed by atoms with Crippen molar-refractivity contribution in [2.75, 3.05) is 6.54 Å². The van der Waals surface area contributed by atoms with Gasteiger partial charge in [0.05, 0.1) is 11.6 Å². The lowest BCUT2D eigenvalue weighted by molar-refractivity contribution is -0.139. The number of amides is 1. The van der Waals surface area contributed by atoms with E-state index in [-0.39, 0.29) is 17.1 Å². The van der Waals surface area contributed by atoms with Crippen LogP contribution in [0.2, 0.25) is 0 Å². The monoisotopic (exact) mass is 400 g/mol. The zero-order valence-electron chi connectivity index (χ0n) is 16.1. The standard InChI is InChI=1S/C24H20N2O4/c27-19-8-6-17(7-9-19)21-20(22(28)18-10-13-25-14-11-18)23(29)24(30)26(21)15-12-16-4-2-1-3-5-16/h1-11,13-14,21,27-28H,12,15H2/b22-20+. The van der Waals surface area contributed by atoms with Gasteiger partial charge in [0.15, 0.2) is 0 Å². The molecule has 1 aliphatic heterocycles. The average Bonchev–Trinajstić information content (AvgIpc) is 3.04. The number of aromatic nitrogens is 1. The first-order valence-corrected chi connectivity index (χ1v) is 9.58. The number of hydrogen-bond acceptors (Lipinski definition) is 5. The first-order chi connectivity index (χ1) is 14.6. The second kappa shape index (κ2) is 8.21. The molecule has 1 unspecified atom stereocenters. The van der Waals surface area contributed by atoms with Crippen LogP contribution in [0.25, 0.3) is 5.76 Å². The van der Waals surface area contributed by atoms with Crippen LogP contribution in [0.1, 0.15) is 22.7 Å². The number of aliphatic hydroxyl groups is 1. The molecule has 0 saturated carbocycles. The lowest BCUT2D eigenvalue weighted by Gasteiger charge is -2.25. The quantitative estimate of drug-likeness (QED) is 0.389. The molecule has 1 aromatic heterocycles. The van der Waals surface area contributed by atoms with Gasteiger partial charge in [-0.25, -0.2) is 0 Å². The van der Waals surface area contributed by atoms with Gasteiger partial charge in [-0.3, -0.25) is 14.6 Å². The Labute approximate surface area is 173 Å². The van der Waals surface area contributed by atoms with E-state index < -0.39 is 17.7 Å². The maximum Gasteiger partial charge on any atom is 0.295 e. The Morgan fingerprint density at radius 2 is 1.60 bits per heavy atom. The largest absolute Gasteiger partial charge is 0.508 e. The summed E-state index contributed by atoms with van der Waals surface area (Å²) in [7, 11) is 0. The molecule has 1 fully saturated rings. The van der Waals surface area contributed by atoms with Crippen LogP contribution in [-0.4, -0.2) is 38.3 Å². The molecule has 150 valence electrons. The molecular formula is C24H20N2O4. The van der Waals surface area contributed by atoms with Crippen LogP contribution in [0.3, 0.4) is 0 Å². The van der Waals surface area contributed by atoms with Gasteiger partial charge in [-0.15, -0.1) is 0 Å². The zero-order chi connectivity index (χ0) is 21.1. The number of likely N-dealkylation sites (tertiary alicyclic amines) is 1. The number of aromatic hydroxyl groups is 1. The Bertz CT molecular complexity index is 1090. The summed E-state index contributed by atoms with van der Waals surface area (Å²) >= 11 is 0. The van der Waals surface area contributed by atoms with Crippen molar-refractivity contribution < 1.29 is 19.8 Å². The molecule has 1 saturated heterocycles. The van der Waals surface area contributed by atoms with E-state index in [1.165, 1.54) is 29.4 Å². The molecule has 0 radical (unpaired) electrons. The second-order valence-electron chi connectivity index (χ2n) is 7.06. The minimum absolute atomic E-state index is 0.0324. The van der Waals surface area contributed by atoms with Crippen molar-refractivity contribution in [3.63, 3.8) is 0 Å². The Hall–Kier alpha value is -3.93. The predicted molar refractivity (Wildman–Crippen MR) is 111 cm³/mol. The van der Waals surface area contributed by atoms with E-state index in [1.807, 2.05) is 30.3 Å². The molecule has 1 amide bonds. The highest BCUT2D eigenvalue weighted by molar-refractivity contribution is 6.46. The fourth-order valence-corrected chi connectivity index (χ4v) is 3.67. The number of Topliss-reactive ketones (excluding diaryl/α,β-unsaturated/α-hetero) is 1. The summed E-state index contributed by atoms with van der Waals surface area (Å²) in [5.41, 5.74) is 2.12. The van der Waals surface area contributed by atoms with Crippen molar-refractivity contribution in [2.45, 2.75) is 12.5 Å². The fourth-order valence-electron chi connectivity index (χ4n) is 3.67. The Morgan fingerprint density at radius 3 is 2.27 bits per heavy atom. The maximum absolute atomic E-state index is 12.9. The number of nitrogens with zero attached hydrogens (tertiary/aromatic N) is 2. The minimum Gasteiger partial charge on any atom is -0.508 e. The third-order valence-electron chi connectivity index (χ3n) is 5.19. The normalized spacial score (nSPS) is 18.0. The smallest absolute Gasteiger partial charge is 0.295 e. The molecule has 2 N–H and O–H groups in total. The van der Waals surface area contributed by atoms with E-state index in [9.17, 15) is 19.8 Å². The molecule has 2 heterocycles. The van der Waals surface area contributed by atoms with E-state index in [4.69, 9.17) is 0 Å². The summed E-state index contributed by atoms with van der Waals surface area (Å²) in [6.45, 7) is 0.313. The molecule has 0 bridgehead atoms. The number of carbonyl (C=O) groups is 2. The van der Waals surface area contributed by atoms with Gasteiger partial charge in [0.2, 0.25) is 0 Å². The molecule has 1 aliphatic rings. The fraction of sp³-hybridized carbons (Fsp3) is 0.125. The van der Waals surface area contributed by atoms with Crippen molar-refractivity contribution in [1.29, 1.82) is 0 Å². The van der Waals surface area contributed by atoms with Gasteiger partial charge in [-0.2, -0.15) is 0 Å². The Morgan fingerprint density at radius 1 is 0.933 bits per heavy atom. The average molecular weight is 400 g/mol. The van der Waals surface area contributed by atoms with Crippen molar-refractivity contribution in [3.05, 3.63) is 101 Å².